The number of fused-ring (bicyclic) bond motifs is 1. The summed E-state index contributed by atoms with van der Waals surface area (Å²) in [5, 5.41) is 2.93. The van der Waals surface area contributed by atoms with E-state index in [-0.39, 0.29) is 23.7 Å². The molecule has 0 saturated carbocycles. The summed E-state index contributed by atoms with van der Waals surface area (Å²) in [4.78, 5) is 12.2. The summed E-state index contributed by atoms with van der Waals surface area (Å²) in [5.74, 6) is -0.0332. The van der Waals surface area contributed by atoms with E-state index in [1.165, 1.54) is 4.31 Å². The predicted octanol–water partition coefficient (Wildman–Crippen LogP) is 2.32. The first kappa shape index (κ1) is 16.8. The smallest absolute Gasteiger partial charge is 0.251 e. The van der Waals surface area contributed by atoms with E-state index in [2.05, 4.69) is 5.32 Å². The summed E-state index contributed by atoms with van der Waals surface area (Å²) in [6, 6.07) is 5.28. The summed E-state index contributed by atoms with van der Waals surface area (Å²) in [7, 11) is -3.28. The van der Waals surface area contributed by atoms with Gasteiger partial charge in [-0.15, -0.1) is 0 Å². The molecule has 1 heterocycles. The van der Waals surface area contributed by atoms with Gasteiger partial charge in [-0.3, -0.25) is 9.10 Å². The first-order valence-corrected chi connectivity index (χ1v) is 9.37. The van der Waals surface area contributed by atoms with Gasteiger partial charge in [0.1, 0.15) is 0 Å². The maximum atomic E-state index is 12.2. The van der Waals surface area contributed by atoms with Crippen LogP contribution in [0, 0.1) is 0 Å². The van der Waals surface area contributed by atoms with Crippen molar-refractivity contribution in [3.63, 3.8) is 0 Å². The molecular weight excluding hydrogens is 300 g/mol. The molecule has 1 amide bonds. The minimum atomic E-state index is -3.28. The average molecular weight is 324 g/mol. The average Bonchev–Trinajstić information content (AvgIpc) is 2.82. The van der Waals surface area contributed by atoms with Crippen LogP contribution in [0.25, 0.3) is 0 Å². The Balaban J connectivity index is 2.31. The van der Waals surface area contributed by atoms with Crippen molar-refractivity contribution in [2.45, 2.75) is 52.6 Å². The van der Waals surface area contributed by atoms with Crippen LogP contribution in [0.15, 0.2) is 18.2 Å². The molecule has 1 aliphatic rings. The molecule has 0 spiro atoms. The molecule has 22 heavy (non-hydrogen) atoms. The van der Waals surface area contributed by atoms with E-state index in [1.807, 2.05) is 26.8 Å². The maximum Gasteiger partial charge on any atom is 0.251 e. The van der Waals surface area contributed by atoms with Crippen LogP contribution in [-0.4, -0.2) is 32.2 Å². The highest BCUT2D eigenvalue weighted by Gasteiger charge is 2.34. The Bertz CT molecular complexity index is 670. The molecule has 1 N–H and O–H groups in total. The molecule has 0 bridgehead atoms. The second kappa shape index (κ2) is 6.28. The van der Waals surface area contributed by atoms with E-state index < -0.39 is 10.0 Å². The molecule has 1 aliphatic heterocycles. The minimum Gasteiger partial charge on any atom is -0.350 e. The number of anilines is 1. The summed E-state index contributed by atoms with van der Waals surface area (Å²) >= 11 is 0. The van der Waals surface area contributed by atoms with Crippen molar-refractivity contribution in [1.29, 1.82) is 0 Å². The Kier molecular flexibility index (Phi) is 4.80. The van der Waals surface area contributed by atoms with Gasteiger partial charge in [0, 0.05) is 17.6 Å². The summed E-state index contributed by atoms with van der Waals surface area (Å²) in [6.07, 6.45) is 1.51. The van der Waals surface area contributed by atoms with Crippen molar-refractivity contribution in [3.05, 3.63) is 29.3 Å². The third-order valence-electron chi connectivity index (χ3n) is 4.15. The van der Waals surface area contributed by atoms with E-state index in [4.69, 9.17) is 0 Å². The second-order valence-corrected chi connectivity index (χ2v) is 8.01. The van der Waals surface area contributed by atoms with E-state index in [1.54, 1.807) is 19.1 Å². The number of sulfonamides is 1. The zero-order valence-electron chi connectivity index (χ0n) is 13.6. The third-order valence-corrected chi connectivity index (χ3v) is 6.03. The van der Waals surface area contributed by atoms with Crippen LogP contribution in [0.3, 0.4) is 0 Å². The highest BCUT2D eigenvalue weighted by Crippen LogP contribution is 2.35. The lowest BCUT2D eigenvalue weighted by Crippen LogP contribution is -2.36. The molecule has 0 fully saturated rings. The topological polar surface area (TPSA) is 66.5 Å². The molecule has 0 radical (unpaired) electrons. The molecule has 6 heteroatoms. The summed E-state index contributed by atoms with van der Waals surface area (Å²) in [5.41, 5.74) is 2.21. The van der Waals surface area contributed by atoms with Crippen LogP contribution in [0.4, 0.5) is 5.69 Å². The zero-order valence-corrected chi connectivity index (χ0v) is 14.4. The number of rotatable bonds is 5. The van der Waals surface area contributed by atoms with Gasteiger partial charge in [-0.05, 0) is 57.4 Å². The number of benzene rings is 1. The lowest BCUT2D eigenvalue weighted by atomic mass is 10.1. The fourth-order valence-electron chi connectivity index (χ4n) is 2.72. The van der Waals surface area contributed by atoms with Gasteiger partial charge in [0.2, 0.25) is 10.0 Å². The Hall–Kier alpha value is -1.56. The first-order chi connectivity index (χ1) is 10.3. The molecule has 5 nitrogen and oxygen atoms in total. The number of carbonyl (C=O) groups is 1. The summed E-state index contributed by atoms with van der Waals surface area (Å²) in [6.45, 7) is 7.52. The van der Waals surface area contributed by atoms with Crippen LogP contribution >= 0.6 is 0 Å². The molecule has 0 unspecified atom stereocenters. The predicted molar refractivity (Wildman–Crippen MR) is 88.8 cm³/mol. The van der Waals surface area contributed by atoms with E-state index in [0.717, 1.165) is 12.0 Å². The highest BCUT2D eigenvalue weighted by molar-refractivity contribution is 7.92. The largest absolute Gasteiger partial charge is 0.350 e. The number of amides is 1. The quantitative estimate of drug-likeness (QED) is 0.904. The molecular formula is C16H24N2O3S. The van der Waals surface area contributed by atoms with Gasteiger partial charge >= 0.3 is 0 Å². The Morgan fingerprint density at radius 1 is 1.41 bits per heavy atom. The van der Waals surface area contributed by atoms with Crippen LogP contribution in [-0.2, 0) is 16.4 Å². The summed E-state index contributed by atoms with van der Waals surface area (Å²) < 4.78 is 25.9. The van der Waals surface area contributed by atoms with Crippen molar-refractivity contribution in [2.75, 3.05) is 10.1 Å². The van der Waals surface area contributed by atoms with Crippen molar-refractivity contribution in [1.82, 2.24) is 5.32 Å². The fourth-order valence-corrected chi connectivity index (χ4v) is 4.09. The van der Waals surface area contributed by atoms with Crippen LogP contribution in [0.1, 0.15) is 50.0 Å². The van der Waals surface area contributed by atoms with Crippen molar-refractivity contribution < 1.29 is 13.2 Å². The molecule has 1 aromatic rings. The van der Waals surface area contributed by atoms with Gasteiger partial charge in [0.25, 0.3) is 5.91 Å². The zero-order chi connectivity index (χ0) is 16.5. The van der Waals surface area contributed by atoms with Gasteiger partial charge in [-0.1, -0.05) is 6.92 Å². The van der Waals surface area contributed by atoms with E-state index in [9.17, 15) is 13.2 Å². The second-order valence-electron chi connectivity index (χ2n) is 5.88. The number of hydrogen-bond donors (Lipinski definition) is 1. The molecule has 2 atom stereocenters. The van der Waals surface area contributed by atoms with Crippen LogP contribution in [0.5, 0.6) is 0 Å². The molecule has 122 valence electrons. The molecule has 0 aliphatic carbocycles. The van der Waals surface area contributed by atoms with Crippen LogP contribution in [0.2, 0.25) is 0 Å². The standard InChI is InChI=1S/C16H24N2O3S/c1-5-11(3)17-16(19)13-7-8-15-14(10-13)9-12(4)18(15)22(20,21)6-2/h7-8,10-12H,5-6,9H2,1-4H3,(H,17,19)/t11-,12+/m0/s1. The van der Waals surface area contributed by atoms with Crippen molar-refractivity contribution >= 4 is 21.6 Å². The highest BCUT2D eigenvalue weighted by atomic mass is 32.2. The van der Waals surface area contributed by atoms with Gasteiger partial charge in [0.05, 0.1) is 11.4 Å². The number of nitrogens with one attached hydrogen (secondary N) is 1. The Labute approximate surface area is 132 Å². The van der Waals surface area contributed by atoms with Gasteiger partial charge in [0.15, 0.2) is 0 Å². The minimum absolute atomic E-state index is 0.0764. The molecule has 2 rings (SSSR count). The number of hydrogen-bond acceptors (Lipinski definition) is 3. The van der Waals surface area contributed by atoms with Crippen molar-refractivity contribution in [3.8, 4) is 0 Å². The fraction of sp³-hybridized carbons (Fsp3) is 0.562. The van der Waals surface area contributed by atoms with E-state index in [0.29, 0.717) is 17.7 Å². The normalized spacial score (nSPS) is 18.9. The Morgan fingerprint density at radius 2 is 2.09 bits per heavy atom. The molecule has 0 aromatic heterocycles. The Morgan fingerprint density at radius 3 is 2.68 bits per heavy atom. The molecule has 1 aromatic carbocycles. The van der Waals surface area contributed by atoms with Crippen LogP contribution < -0.4 is 9.62 Å². The first-order valence-electron chi connectivity index (χ1n) is 7.76. The number of nitrogens with zero attached hydrogens (tertiary/aromatic N) is 1. The van der Waals surface area contributed by atoms with E-state index >= 15 is 0 Å². The molecule has 0 saturated heterocycles. The maximum absolute atomic E-state index is 12.2. The van der Waals surface area contributed by atoms with Crippen molar-refractivity contribution in [2.24, 2.45) is 0 Å². The lowest BCUT2D eigenvalue weighted by Gasteiger charge is -2.23. The SMILES string of the molecule is CC[C@H](C)NC(=O)c1ccc2c(c1)C[C@@H](C)N2S(=O)(=O)CC. The van der Waals surface area contributed by atoms with Gasteiger partial charge in [-0.25, -0.2) is 8.42 Å². The van der Waals surface area contributed by atoms with Gasteiger partial charge < -0.3 is 5.32 Å². The third kappa shape index (κ3) is 3.11. The van der Waals surface area contributed by atoms with Gasteiger partial charge in [-0.2, -0.15) is 0 Å². The lowest BCUT2D eigenvalue weighted by molar-refractivity contribution is 0.0939. The number of carbonyl (C=O) groups excluding carboxylic acids is 1. The monoisotopic (exact) mass is 324 g/mol.